The molecule has 0 aromatic heterocycles. The Bertz CT molecular complexity index is 548. The molecule has 0 bridgehead atoms. The molecule has 0 aliphatic carbocycles. The molecule has 1 saturated heterocycles. The standard InChI is InChI=1S/C16H22BrNO3S2/c1-4-20-13-8-11(16-22-5-6-23-16)7-12(17)15(13)21-9-14(19)18-10(2)3/h7-8,10,16H,4-6,9H2,1-3H3,(H,18,19). The summed E-state index contributed by atoms with van der Waals surface area (Å²) in [5, 5.41) is 2.81. The minimum Gasteiger partial charge on any atom is -0.490 e. The normalized spacial score (nSPS) is 15.0. The van der Waals surface area contributed by atoms with Gasteiger partial charge in [-0.1, -0.05) is 0 Å². The lowest BCUT2D eigenvalue weighted by atomic mass is 10.2. The van der Waals surface area contributed by atoms with E-state index in [4.69, 9.17) is 9.47 Å². The second-order valence-electron chi connectivity index (χ2n) is 5.35. The van der Waals surface area contributed by atoms with Crippen molar-refractivity contribution in [2.24, 2.45) is 0 Å². The topological polar surface area (TPSA) is 47.6 Å². The quantitative estimate of drug-likeness (QED) is 0.716. The molecular weight excluding hydrogens is 398 g/mol. The van der Waals surface area contributed by atoms with Crippen LogP contribution in [0.5, 0.6) is 11.5 Å². The van der Waals surface area contributed by atoms with Crippen molar-refractivity contribution in [3.8, 4) is 11.5 Å². The first-order valence-electron chi connectivity index (χ1n) is 7.62. The van der Waals surface area contributed by atoms with Crippen LogP contribution in [0.3, 0.4) is 0 Å². The van der Waals surface area contributed by atoms with Gasteiger partial charge in [0.1, 0.15) is 0 Å². The van der Waals surface area contributed by atoms with E-state index in [1.807, 2.05) is 50.4 Å². The number of carbonyl (C=O) groups excluding carboxylic acids is 1. The number of nitrogens with one attached hydrogen (secondary N) is 1. The van der Waals surface area contributed by atoms with E-state index in [1.165, 1.54) is 17.1 Å². The van der Waals surface area contributed by atoms with Gasteiger partial charge in [-0.2, -0.15) is 0 Å². The monoisotopic (exact) mass is 419 g/mol. The first-order chi connectivity index (χ1) is 11.0. The Morgan fingerprint density at radius 1 is 1.35 bits per heavy atom. The first kappa shape index (κ1) is 18.8. The lowest BCUT2D eigenvalue weighted by Gasteiger charge is -2.17. The van der Waals surface area contributed by atoms with Crippen LogP contribution < -0.4 is 14.8 Å². The molecule has 0 radical (unpaired) electrons. The van der Waals surface area contributed by atoms with Crippen molar-refractivity contribution in [1.29, 1.82) is 0 Å². The summed E-state index contributed by atoms with van der Waals surface area (Å²) >= 11 is 7.45. The van der Waals surface area contributed by atoms with Crippen molar-refractivity contribution in [3.63, 3.8) is 0 Å². The zero-order valence-corrected chi connectivity index (χ0v) is 16.8. The Morgan fingerprint density at radius 3 is 2.65 bits per heavy atom. The highest BCUT2D eigenvalue weighted by atomic mass is 79.9. The fourth-order valence-corrected chi connectivity index (χ4v) is 5.57. The van der Waals surface area contributed by atoms with E-state index in [2.05, 4.69) is 27.3 Å². The predicted octanol–water partition coefficient (Wildman–Crippen LogP) is 4.23. The Labute approximate surface area is 154 Å². The van der Waals surface area contributed by atoms with E-state index in [1.54, 1.807) is 0 Å². The summed E-state index contributed by atoms with van der Waals surface area (Å²) in [6, 6.07) is 4.19. The minimum absolute atomic E-state index is 0.0247. The molecule has 0 spiro atoms. The van der Waals surface area contributed by atoms with Gasteiger partial charge in [-0.25, -0.2) is 0 Å². The highest BCUT2D eigenvalue weighted by molar-refractivity contribution is 9.10. The van der Waals surface area contributed by atoms with E-state index in [9.17, 15) is 4.79 Å². The van der Waals surface area contributed by atoms with Crippen LogP contribution in [-0.4, -0.2) is 36.7 Å². The zero-order valence-electron chi connectivity index (χ0n) is 13.6. The number of halogens is 1. The maximum absolute atomic E-state index is 11.8. The number of amides is 1. The molecule has 1 amide bonds. The number of hydrogen-bond acceptors (Lipinski definition) is 5. The average molecular weight is 420 g/mol. The predicted molar refractivity (Wildman–Crippen MR) is 102 cm³/mol. The van der Waals surface area contributed by atoms with Crippen LogP contribution in [-0.2, 0) is 4.79 Å². The molecule has 1 aliphatic heterocycles. The molecule has 2 rings (SSSR count). The van der Waals surface area contributed by atoms with Crippen LogP contribution in [0, 0.1) is 0 Å². The van der Waals surface area contributed by atoms with Crippen molar-refractivity contribution in [2.75, 3.05) is 24.7 Å². The van der Waals surface area contributed by atoms with Gasteiger partial charge in [0.05, 0.1) is 15.7 Å². The average Bonchev–Trinajstić information content (AvgIpc) is 2.99. The highest BCUT2D eigenvalue weighted by Gasteiger charge is 2.22. The van der Waals surface area contributed by atoms with E-state index < -0.39 is 0 Å². The van der Waals surface area contributed by atoms with Crippen molar-refractivity contribution < 1.29 is 14.3 Å². The van der Waals surface area contributed by atoms with Gasteiger partial charge in [-0.3, -0.25) is 4.79 Å². The summed E-state index contributed by atoms with van der Waals surface area (Å²) in [5.74, 6) is 3.47. The summed E-state index contributed by atoms with van der Waals surface area (Å²) < 4.78 is 12.7. The Balaban J connectivity index is 2.15. The molecule has 1 fully saturated rings. The van der Waals surface area contributed by atoms with Crippen molar-refractivity contribution in [1.82, 2.24) is 5.32 Å². The fraction of sp³-hybridized carbons (Fsp3) is 0.562. The van der Waals surface area contributed by atoms with Gasteiger partial charge in [0.25, 0.3) is 5.91 Å². The smallest absolute Gasteiger partial charge is 0.258 e. The third kappa shape index (κ3) is 5.50. The summed E-state index contributed by atoms with van der Waals surface area (Å²) in [5.41, 5.74) is 1.21. The summed E-state index contributed by atoms with van der Waals surface area (Å²) in [6.07, 6.45) is 0. The molecule has 0 atom stereocenters. The fourth-order valence-electron chi connectivity index (χ4n) is 2.18. The van der Waals surface area contributed by atoms with Gasteiger partial charge in [0.15, 0.2) is 18.1 Å². The molecule has 1 aliphatic rings. The molecule has 23 heavy (non-hydrogen) atoms. The molecule has 1 aromatic carbocycles. The Hall–Kier alpha value is -0.530. The molecule has 128 valence electrons. The number of rotatable bonds is 7. The van der Waals surface area contributed by atoms with E-state index in [0.717, 1.165) is 4.47 Å². The third-order valence-electron chi connectivity index (χ3n) is 3.02. The van der Waals surface area contributed by atoms with E-state index in [0.29, 0.717) is 22.7 Å². The van der Waals surface area contributed by atoms with Crippen LogP contribution in [0.4, 0.5) is 0 Å². The number of thioether (sulfide) groups is 2. The van der Waals surface area contributed by atoms with Gasteiger partial charge in [0.2, 0.25) is 0 Å². The lowest BCUT2D eigenvalue weighted by Crippen LogP contribution is -2.34. The van der Waals surface area contributed by atoms with Crippen LogP contribution in [0.25, 0.3) is 0 Å². The van der Waals surface area contributed by atoms with Gasteiger partial charge < -0.3 is 14.8 Å². The SMILES string of the molecule is CCOc1cc(C2SCCS2)cc(Br)c1OCC(=O)NC(C)C. The third-order valence-corrected chi connectivity index (χ3v) is 6.72. The number of benzene rings is 1. The van der Waals surface area contributed by atoms with Crippen molar-refractivity contribution >= 4 is 45.4 Å². The molecule has 0 unspecified atom stereocenters. The summed E-state index contributed by atoms with van der Waals surface area (Å²) in [6.45, 7) is 6.31. The van der Waals surface area contributed by atoms with E-state index in [-0.39, 0.29) is 18.6 Å². The zero-order chi connectivity index (χ0) is 16.8. The maximum atomic E-state index is 11.8. The highest BCUT2D eigenvalue weighted by Crippen LogP contribution is 2.48. The molecule has 1 aromatic rings. The maximum Gasteiger partial charge on any atom is 0.258 e. The van der Waals surface area contributed by atoms with Crippen LogP contribution in [0.1, 0.15) is 30.9 Å². The van der Waals surface area contributed by atoms with E-state index >= 15 is 0 Å². The Morgan fingerprint density at radius 2 is 2.04 bits per heavy atom. The van der Waals surface area contributed by atoms with Crippen molar-refractivity contribution in [3.05, 3.63) is 22.2 Å². The van der Waals surface area contributed by atoms with Crippen LogP contribution in [0.15, 0.2) is 16.6 Å². The first-order valence-corrected chi connectivity index (χ1v) is 10.5. The number of carbonyl (C=O) groups is 1. The summed E-state index contributed by atoms with van der Waals surface area (Å²) in [7, 11) is 0. The van der Waals surface area contributed by atoms with Crippen LogP contribution >= 0.6 is 39.5 Å². The second kappa shape index (κ2) is 9.08. The van der Waals surface area contributed by atoms with Crippen LogP contribution in [0.2, 0.25) is 0 Å². The molecular formula is C16H22BrNO3S2. The second-order valence-corrected chi connectivity index (χ2v) is 8.93. The molecule has 1 heterocycles. The Kier molecular flexibility index (Phi) is 7.43. The summed E-state index contributed by atoms with van der Waals surface area (Å²) in [4.78, 5) is 11.8. The largest absolute Gasteiger partial charge is 0.490 e. The van der Waals surface area contributed by atoms with Gasteiger partial charge >= 0.3 is 0 Å². The molecule has 1 N–H and O–H groups in total. The van der Waals surface area contributed by atoms with Gasteiger partial charge in [0, 0.05) is 17.5 Å². The van der Waals surface area contributed by atoms with Crippen molar-refractivity contribution in [2.45, 2.75) is 31.4 Å². The number of ether oxygens (including phenoxy) is 2. The van der Waals surface area contributed by atoms with Gasteiger partial charge in [-0.05, 0) is 54.4 Å². The minimum atomic E-state index is -0.139. The molecule has 7 heteroatoms. The lowest BCUT2D eigenvalue weighted by molar-refractivity contribution is -0.123. The number of hydrogen-bond donors (Lipinski definition) is 1. The molecule has 0 saturated carbocycles. The molecule has 4 nitrogen and oxygen atoms in total. The van der Waals surface area contributed by atoms with Gasteiger partial charge in [-0.15, -0.1) is 23.5 Å².